The maximum Gasteiger partial charge on any atom is 0.152 e. The van der Waals surface area contributed by atoms with Gasteiger partial charge in [-0.05, 0) is 26.0 Å². The number of ether oxygens (including phenoxy) is 1. The molecule has 1 fully saturated rings. The van der Waals surface area contributed by atoms with Gasteiger partial charge >= 0.3 is 0 Å². The van der Waals surface area contributed by atoms with Crippen molar-refractivity contribution in [2.45, 2.75) is 45.7 Å². The van der Waals surface area contributed by atoms with E-state index in [1.165, 1.54) is 6.07 Å². The molecular weight excluding hydrogens is 309 g/mol. The van der Waals surface area contributed by atoms with Gasteiger partial charge in [0.1, 0.15) is 13.9 Å². The summed E-state index contributed by atoms with van der Waals surface area (Å²) < 4.78 is 20.1. The minimum absolute atomic E-state index is 0.0488. The summed E-state index contributed by atoms with van der Waals surface area (Å²) in [5.41, 5.74) is 4.54. The molecule has 0 aliphatic carbocycles. The molecule has 2 atom stereocenters. The maximum absolute atomic E-state index is 14.4. The molecule has 0 radical (unpaired) electrons. The van der Waals surface area contributed by atoms with Crippen LogP contribution in [0.2, 0.25) is 19.6 Å². The molecule has 3 nitrogen and oxygen atoms in total. The van der Waals surface area contributed by atoms with Gasteiger partial charge in [-0.1, -0.05) is 25.6 Å². The highest BCUT2D eigenvalue weighted by Crippen LogP contribution is 2.26. The number of morpholine rings is 1. The molecule has 0 bridgehead atoms. The van der Waals surface area contributed by atoms with Crippen LogP contribution < -0.4 is 4.90 Å². The fourth-order valence-electron chi connectivity index (χ4n) is 2.67. The zero-order valence-electron chi connectivity index (χ0n) is 14.4. The van der Waals surface area contributed by atoms with Crippen molar-refractivity contribution in [3.05, 3.63) is 29.1 Å². The van der Waals surface area contributed by atoms with E-state index in [1.54, 1.807) is 6.07 Å². The van der Waals surface area contributed by atoms with Crippen molar-refractivity contribution in [3.63, 3.8) is 0 Å². The molecule has 0 saturated carbocycles. The summed E-state index contributed by atoms with van der Waals surface area (Å²) in [7, 11) is -1.60. The Balaban J connectivity index is 2.40. The van der Waals surface area contributed by atoms with Gasteiger partial charge in [0.2, 0.25) is 0 Å². The second kappa shape index (κ2) is 6.86. The first-order valence-electron chi connectivity index (χ1n) is 7.92. The molecule has 5 heteroatoms. The standard InChI is InChI=1S/C18H24FNO2Si/c1-13-10-20(11-14(2)22-13)18-9-17(19)15(8-16(18)12-21)6-7-23(3,4)5/h8-9,12-14H,10-11H2,1-5H3/t13-,14+. The highest BCUT2D eigenvalue weighted by molar-refractivity contribution is 6.83. The summed E-state index contributed by atoms with van der Waals surface area (Å²) in [4.78, 5) is 13.5. The Morgan fingerprint density at radius 1 is 1.26 bits per heavy atom. The summed E-state index contributed by atoms with van der Waals surface area (Å²) in [5.74, 6) is 2.54. The number of hydrogen-bond donors (Lipinski definition) is 0. The normalized spacial score (nSPS) is 21.6. The van der Waals surface area contributed by atoms with Crippen LogP contribution in [-0.4, -0.2) is 39.7 Å². The lowest BCUT2D eigenvalue weighted by molar-refractivity contribution is -0.00527. The SMILES string of the molecule is C[C@@H]1CN(c2cc(F)c(C#C[Si](C)(C)C)cc2C=O)C[C@H](C)O1. The maximum atomic E-state index is 14.4. The van der Waals surface area contributed by atoms with Crippen molar-refractivity contribution < 1.29 is 13.9 Å². The van der Waals surface area contributed by atoms with Crippen molar-refractivity contribution in [1.29, 1.82) is 0 Å². The second-order valence-corrected chi connectivity index (χ2v) is 11.9. The van der Waals surface area contributed by atoms with Crippen LogP contribution in [0.15, 0.2) is 12.1 Å². The summed E-state index contributed by atoms with van der Waals surface area (Å²) in [6.45, 7) is 11.5. The second-order valence-electron chi connectivity index (χ2n) is 7.17. The molecule has 1 aromatic rings. The van der Waals surface area contributed by atoms with Crippen molar-refractivity contribution in [1.82, 2.24) is 0 Å². The minimum Gasteiger partial charge on any atom is -0.372 e. The quantitative estimate of drug-likeness (QED) is 0.471. The number of carbonyl (C=O) groups is 1. The van der Waals surface area contributed by atoms with Crippen LogP contribution in [0.5, 0.6) is 0 Å². The van der Waals surface area contributed by atoms with Gasteiger partial charge in [0.15, 0.2) is 6.29 Å². The topological polar surface area (TPSA) is 29.5 Å². The largest absolute Gasteiger partial charge is 0.372 e. The van der Waals surface area contributed by atoms with Crippen molar-refractivity contribution in [2.24, 2.45) is 0 Å². The molecule has 1 aromatic carbocycles. The third-order valence-electron chi connectivity index (χ3n) is 3.58. The number of nitrogens with zero attached hydrogens (tertiary/aromatic N) is 1. The predicted molar refractivity (Wildman–Crippen MR) is 94.2 cm³/mol. The first-order valence-corrected chi connectivity index (χ1v) is 11.4. The average Bonchev–Trinajstić information content (AvgIpc) is 2.43. The van der Waals surface area contributed by atoms with E-state index in [-0.39, 0.29) is 18.0 Å². The lowest BCUT2D eigenvalue weighted by Gasteiger charge is -2.37. The lowest BCUT2D eigenvalue weighted by atomic mass is 10.1. The van der Waals surface area contributed by atoms with E-state index in [0.717, 1.165) is 6.29 Å². The van der Waals surface area contributed by atoms with E-state index in [9.17, 15) is 9.18 Å². The van der Waals surface area contributed by atoms with Crippen LogP contribution in [-0.2, 0) is 4.74 Å². The minimum atomic E-state index is -1.60. The van der Waals surface area contributed by atoms with Gasteiger partial charge in [-0.3, -0.25) is 4.79 Å². The number of benzene rings is 1. The Bertz CT molecular complexity index is 647. The third kappa shape index (κ3) is 4.66. The number of rotatable bonds is 2. The van der Waals surface area contributed by atoms with Gasteiger partial charge in [-0.2, -0.15) is 0 Å². The van der Waals surface area contributed by atoms with Crippen LogP contribution in [0.1, 0.15) is 29.8 Å². The molecule has 0 spiro atoms. The van der Waals surface area contributed by atoms with E-state index in [1.807, 2.05) is 18.7 Å². The fraction of sp³-hybridized carbons (Fsp3) is 0.500. The van der Waals surface area contributed by atoms with Crippen LogP contribution in [0.4, 0.5) is 10.1 Å². The highest BCUT2D eigenvalue weighted by atomic mass is 28.3. The Morgan fingerprint density at radius 2 is 1.87 bits per heavy atom. The number of halogens is 1. The summed E-state index contributed by atoms with van der Waals surface area (Å²) in [6, 6.07) is 3.00. The Labute approximate surface area is 138 Å². The Morgan fingerprint density at radius 3 is 2.39 bits per heavy atom. The molecule has 1 heterocycles. The molecule has 0 N–H and O–H groups in total. The third-order valence-corrected chi connectivity index (χ3v) is 4.45. The first-order chi connectivity index (χ1) is 10.7. The smallest absolute Gasteiger partial charge is 0.152 e. The molecule has 2 rings (SSSR count). The molecule has 124 valence electrons. The molecule has 23 heavy (non-hydrogen) atoms. The van der Waals surface area contributed by atoms with Crippen LogP contribution >= 0.6 is 0 Å². The summed E-state index contributed by atoms with van der Waals surface area (Å²) >= 11 is 0. The van der Waals surface area contributed by atoms with E-state index in [0.29, 0.717) is 29.9 Å². The van der Waals surface area contributed by atoms with E-state index in [2.05, 4.69) is 31.1 Å². The van der Waals surface area contributed by atoms with Crippen molar-refractivity contribution >= 4 is 20.0 Å². The van der Waals surface area contributed by atoms with E-state index in [4.69, 9.17) is 4.74 Å². The summed E-state index contributed by atoms with van der Waals surface area (Å²) in [6.07, 6.45) is 0.875. The van der Waals surface area contributed by atoms with Gasteiger partial charge in [0, 0.05) is 18.7 Å². The molecular formula is C18H24FNO2Si. The number of aldehydes is 1. The van der Waals surface area contributed by atoms with Crippen LogP contribution in [0.25, 0.3) is 0 Å². The average molecular weight is 333 g/mol. The molecule has 0 aromatic heterocycles. The number of carbonyl (C=O) groups excluding carboxylic acids is 1. The molecule has 1 aliphatic heterocycles. The van der Waals surface area contributed by atoms with E-state index >= 15 is 0 Å². The molecule has 1 aliphatic rings. The fourth-order valence-corrected chi connectivity index (χ4v) is 3.18. The van der Waals surface area contributed by atoms with Gasteiger partial charge in [-0.25, -0.2) is 4.39 Å². The van der Waals surface area contributed by atoms with Crippen LogP contribution in [0.3, 0.4) is 0 Å². The van der Waals surface area contributed by atoms with Gasteiger partial charge in [0.05, 0.1) is 23.5 Å². The molecule has 0 amide bonds. The van der Waals surface area contributed by atoms with Gasteiger partial charge in [-0.15, -0.1) is 5.54 Å². The Hall–Kier alpha value is -1.64. The summed E-state index contributed by atoms with van der Waals surface area (Å²) in [5, 5.41) is 0. The van der Waals surface area contributed by atoms with Crippen LogP contribution in [0, 0.1) is 17.3 Å². The zero-order chi connectivity index (χ0) is 17.2. The number of anilines is 1. The zero-order valence-corrected chi connectivity index (χ0v) is 15.4. The first kappa shape index (κ1) is 17.7. The lowest BCUT2D eigenvalue weighted by Crippen LogP contribution is -2.45. The molecule has 0 unspecified atom stereocenters. The van der Waals surface area contributed by atoms with Gasteiger partial charge in [0.25, 0.3) is 0 Å². The Kier molecular flexibility index (Phi) is 5.28. The van der Waals surface area contributed by atoms with E-state index < -0.39 is 8.07 Å². The predicted octanol–water partition coefficient (Wildman–Crippen LogP) is 3.48. The molecule has 1 saturated heterocycles. The van der Waals surface area contributed by atoms with Crippen molar-refractivity contribution in [3.8, 4) is 11.5 Å². The highest BCUT2D eigenvalue weighted by Gasteiger charge is 2.25. The monoisotopic (exact) mass is 333 g/mol. The van der Waals surface area contributed by atoms with Crippen molar-refractivity contribution in [2.75, 3.05) is 18.0 Å². The van der Waals surface area contributed by atoms with Gasteiger partial charge < -0.3 is 9.64 Å². The number of hydrogen-bond acceptors (Lipinski definition) is 3.